The summed E-state index contributed by atoms with van der Waals surface area (Å²) in [5, 5.41) is 9.04. The molecular formula is C18H17FN2O2. The van der Waals surface area contributed by atoms with Gasteiger partial charge in [0.2, 0.25) is 0 Å². The van der Waals surface area contributed by atoms with E-state index in [2.05, 4.69) is 0 Å². The van der Waals surface area contributed by atoms with E-state index in [0.717, 1.165) is 0 Å². The van der Waals surface area contributed by atoms with Crippen LogP contribution in [0.25, 0.3) is 0 Å². The molecule has 2 aromatic carbocycles. The molecule has 0 saturated heterocycles. The SMILES string of the molecule is CC(Oc1ccccc1C#N)C(=O)N(C)Cc1cccc(F)c1. The van der Waals surface area contributed by atoms with E-state index in [1.54, 1.807) is 50.4 Å². The Labute approximate surface area is 134 Å². The second kappa shape index (κ2) is 7.41. The standard InChI is InChI=1S/C18H17FN2O2/c1-13(23-17-9-4-3-7-15(17)11-20)18(22)21(2)12-14-6-5-8-16(19)10-14/h3-10,13H,12H2,1-2H3. The van der Waals surface area contributed by atoms with Crippen molar-refractivity contribution in [1.29, 1.82) is 5.26 Å². The molecule has 23 heavy (non-hydrogen) atoms. The van der Waals surface area contributed by atoms with Gasteiger partial charge in [0, 0.05) is 13.6 Å². The molecule has 0 aromatic heterocycles. The minimum atomic E-state index is -0.747. The number of ether oxygens (including phenoxy) is 1. The Morgan fingerprint density at radius 3 is 2.74 bits per heavy atom. The van der Waals surface area contributed by atoms with Crippen molar-refractivity contribution in [3.63, 3.8) is 0 Å². The third-order valence-electron chi connectivity index (χ3n) is 3.34. The van der Waals surface area contributed by atoms with Crippen LogP contribution < -0.4 is 4.74 Å². The molecule has 1 unspecified atom stereocenters. The van der Waals surface area contributed by atoms with Gasteiger partial charge < -0.3 is 9.64 Å². The molecule has 0 aliphatic carbocycles. The number of amides is 1. The maximum Gasteiger partial charge on any atom is 0.263 e. The summed E-state index contributed by atoms with van der Waals surface area (Å²) < 4.78 is 18.8. The number of likely N-dealkylation sites (N-methyl/N-ethyl adjacent to an activating group) is 1. The molecule has 118 valence electrons. The molecule has 0 aliphatic heterocycles. The predicted octanol–water partition coefficient (Wildman–Crippen LogP) is 3.12. The molecule has 1 amide bonds. The molecule has 1 atom stereocenters. The third kappa shape index (κ3) is 4.30. The Bertz CT molecular complexity index is 740. The van der Waals surface area contributed by atoms with Crippen LogP contribution in [0.5, 0.6) is 5.75 Å². The number of nitrogens with zero attached hydrogens (tertiary/aromatic N) is 2. The lowest BCUT2D eigenvalue weighted by Gasteiger charge is -2.22. The number of rotatable bonds is 5. The van der Waals surface area contributed by atoms with Crippen molar-refractivity contribution < 1.29 is 13.9 Å². The Kier molecular flexibility index (Phi) is 5.32. The van der Waals surface area contributed by atoms with Crippen LogP contribution in [-0.2, 0) is 11.3 Å². The van der Waals surface area contributed by atoms with E-state index in [0.29, 0.717) is 16.9 Å². The predicted molar refractivity (Wildman–Crippen MR) is 84.1 cm³/mol. The van der Waals surface area contributed by atoms with Crippen molar-refractivity contribution in [2.75, 3.05) is 7.05 Å². The van der Waals surface area contributed by atoms with E-state index >= 15 is 0 Å². The maximum atomic E-state index is 13.2. The summed E-state index contributed by atoms with van der Waals surface area (Å²) in [6, 6.07) is 14.9. The normalized spacial score (nSPS) is 11.4. The third-order valence-corrected chi connectivity index (χ3v) is 3.34. The zero-order valence-electron chi connectivity index (χ0n) is 13.0. The van der Waals surface area contributed by atoms with E-state index in [9.17, 15) is 9.18 Å². The summed E-state index contributed by atoms with van der Waals surface area (Å²) >= 11 is 0. The van der Waals surface area contributed by atoms with Gasteiger partial charge in [0.15, 0.2) is 6.10 Å². The minimum Gasteiger partial charge on any atom is -0.480 e. The minimum absolute atomic E-state index is 0.248. The number of carbonyl (C=O) groups is 1. The average molecular weight is 312 g/mol. The Morgan fingerprint density at radius 2 is 2.04 bits per heavy atom. The number of benzene rings is 2. The zero-order chi connectivity index (χ0) is 16.8. The molecule has 0 fully saturated rings. The van der Waals surface area contributed by atoms with Crippen LogP contribution in [0.2, 0.25) is 0 Å². The Hall–Kier alpha value is -2.87. The van der Waals surface area contributed by atoms with Crippen molar-refractivity contribution >= 4 is 5.91 Å². The number of para-hydroxylation sites is 1. The van der Waals surface area contributed by atoms with Gasteiger partial charge >= 0.3 is 0 Å². The van der Waals surface area contributed by atoms with Gasteiger partial charge in [0.25, 0.3) is 5.91 Å². The van der Waals surface area contributed by atoms with Crippen LogP contribution in [0.4, 0.5) is 4.39 Å². The van der Waals surface area contributed by atoms with Gasteiger partial charge in [0.05, 0.1) is 5.56 Å². The molecule has 0 aliphatic rings. The number of nitriles is 1. The lowest BCUT2D eigenvalue weighted by Crippen LogP contribution is -2.37. The summed E-state index contributed by atoms with van der Waals surface area (Å²) in [4.78, 5) is 13.8. The lowest BCUT2D eigenvalue weighted by molar-refractivity contribution is -0.137. The molecule has 5 heteroatoms. The highest BCUT2D eigenvalue weighted by atomic mass is 19.1. The second-order valence-corrected chi connectivity index (χ2v) is 5.19. The largest absolute Gasteiger partial charge is 0.480 e. The fraction of sp³-hybridized carbons (Fsp3) is 0.222. The van der Waals surface area contributed by atoms with Crippen LogP contribution in [0.1, 0.15) is 18.1 Å². The molecule has 0 N–H and O–H groups in total. The van der Waals surface area contributed by atoms with E-state index in [4.69, 9.17) is 10.00 Å². The fourth-order valence-corrected chi connectivity index (χ4v) is 2.20. The zero-order valence-corrected chi connectivity index (χ0v) is 13.0. The fourth-order valence-electron chi connectivity index (χ4n) is 2.20. The molecule has 0 heterocycles. The molecule has 0 spiro atoms. The first-order valence-electron chi connectivity index (χ1n) is 7.16. The molecule has 4 nitrogen and oxygen atoms in total. The molecule has 0 radical (unpaired) electrons. The van der Waals surface area contributed by atoms with Crippen molar-refractivity contribution in [3.8, 4) is 11.8 Å². The van der Waals surface area contributed by atoms with E-state index in [-0.39, 0.29) is 18.3 Å². The highest BCUT2D eigenvalue weighted by Crippen LogP contribution is 2.19. The van der Waals surface area contributed by atoms with Gasteiger partial charge in [-0.05, 0) is 36.8 Å². The number of halogens is 1. The van der Waals surface area contributed by atoms with Crippen LogP contribution in [-0.4, -0.2) is 24.0 Å². The first kappa shape index (κ1) is 16.5. The lowest BCUT2D eigenvalue weighted by atomic mass is 10.2. The van der Waals surface area contributed by atoms with Gasteiger partial charge in [-0.2, -0.15) is 5.26 Å². The molecule has 0 saturated carbocycles. The van der Waals surface area contributed by atoms with E-state index < -0.39 is 6.10 Å². The molecule has 0 bridgehead atoms. The number of hydrogen-bond acceptors (Lipinski definition) is 3. The van der Waals surface area contributed by atoms with Crippen molar-refractivity contribution in [2.24, 2.45) is 0 Å². The van der Waals surface area contributed by atoms with Gasteiger partial charge in [-0.15, -0.1) is 0 Å². The number of hydrogen-bond donors (Lipinski definition) is 0. The molecule has 2 aromatic rings. The average Bonchev–Trinajstić information content (AvgIpc) is 2.54. The first-order chi connectivity index (χ1) is 11.0. The monoisotopic (exact) mass is 312 g/mol. The molecular weight excluding hydrogens is 295 g/mol. The van der Waals surface area contributed by atoms with Crippen LogP contribution in [0, 0.1) is 17.1 Å². The second-order valence-electron chi connectivity index (χ2n) is 5.19. The summed E-state index contributed by atoms with van der Waals surface area (Å²) in [5.74, 6) is -0.215. The quantitative estimate of drug-likeness (QED) is 0.852. The van der Waals surface area contributed by atoms with Crippen LogP contribution in [0.3, 0.4) is 0 Å². The van der Waals surface area contributed by atoms with Gasteiger partial charge in [-0.3, -0.25) is 4.79 Å². The Balaban J connectivity index is 2.03. The van der Waals surface area contributed by atoms with Crippen molar-refractivity contribution in [2.45, 2.75) is 19.6 Å². The summed E-state index contributed by atoms with van der Waals surface area (Å²) in [6.45, 7) is 1.91. The van der Waals surface area contributed by atoms with E-state index in [1.807, 2.05) is 6.07 Å². The Morgan fingerprint density at radius 1 is 1.30 bits per heavy atom. The van der Waals surface area contributed by atoms with Gasteiger partial charge in [0.1, 0.15) is 17.6 Å². The highest BCUT2D eigenvalue weighted by Gasteiger charge is 2.20. The smallest absolute Gasteiger partial charge is 0.263 e. The van der Waals surface area contributed by atoms with Crippen LogP contribution >= 0.6 is 0 Å². The van der Waals surface area contributed by atoms with Crippen LogP contribution in [0.15, 0.2) is 48.5 Å². The van der Waals surface area contributed by atoms with Gasteiger partial charge in [-0.1, -0.05) is 24.3 Å². The maximum absolute atomic E-state index is 13.2. The van der Waals surface area contributed by atoms with Gasteiger partial charge in [-0.25, -0.2) is 4.39 Å². The summed E-state index contributed by atoms with van der Waals surface area (Å²) in [6.07, 6.45) is -0.747. The number of carbonyl (C=O) groups excluding carboxylic acids is 1. The first-order valence-corrected chi connectivity index (χ1v) is 7.16. The van der Waals surface area contributed by atoms with Crippen molar-refractivity contribution in [3.05, 3.63) is 65.5 Å². The highest BCUT2D eigenvalue weighted by molar-refractivity contribution is 5.80. The summed E-state index contributed by atoms with van der Waals surface area (Å²) in [7, 11) is 1.63. The van der Waals surface area contributed by atoms with Crippen molar-refractivity contribution in [1.82, 2.24) is 4.90 Å². The molecule has 2 rings (SSSR count). The van der Waals surface area contributed by atoms with E-state index in [1.165, 1.54) is 17.0 Å². The summed E-state index contributed by atoms with van der Waals surface area (Å²) in [5.41, 5.74) is 1.07. The topological polar surface area (TPSA) is 53.3 Å².